The molecule has 55 heavy (non-hydrogen) atoms. The highest BCUT2D eigenvalue weighted by Gasteiger charge is 2.35. The number of phosphoric ester groups is 1. The lowest BCUT2D eigenvalue weighted by atomic mass is 10.1. The number of ether oxygens (including phenoxy) is 1. The molecule has 2 N–H and O–H groups in total. The number of carbonyl (C=O) groups is 1. The van der Waals surface area contributed by atoms with Crippen molar-refractivity contribution in [2.24, 2.45) is 0 Å². The molecule has 0 aromatic rings. The molecule has 10 heteroatoms. The number of quaternary nitrogens is 1. The molecule has 3 unspecified atom stereocenters. The Morgan fingerprint density at radius 1 is 0.745 bits per heavy atom. The number of likely N-dealkylation sites (N-methyl/N-ethyl adjacent to an activating group) is 1. The minimum atomic E-state index is -4.61. The number of aliphatic hydroxyl groups excluding tert-OH is 1. The highest BCUT2D eigenvalue weighted by atomic mass is 31.2. The first-order chi connectivity index (χ1) is 26.5. The molecule has 1 heterocycles. The van der Waals surface area contributed by atoms with E-state index in [9.17, 15) is 19.4 Å². The maximum atomic E-state index is 12.8. The van der Waals surface area contributed by atoms with E-state index in [1.54, 1.807) is 6.08 Å². The van der Waals surface area contributed by atoms with Crippen molar-refractivity contribution in [2.45, 2.75) is 154 Å². The third-order valence-corrected chi connectivity index (χ3v) is 9.94. The van der Waals surface area contributed by atoms with E-state index in [1.165, 1.54) is 32.1 Å². The van der Waals surface area contributed by atoms with E-state index < -0.39 is 26.6 Å². The van der Waals surface area contributed by atoms with Crippen molar-refractivity contribution in [3.8, 4) is 0 Å². The number of amides is 1. The van der Waals surface area contributed by atoms with Crippen molar-refractivity contribution >= 4 is 13.7 Å². The van der Waals surface area contributed by atoms with Gasteiger partial charge in [-0.1, -0.05) is 131 Å². The van der Waals surface area contributed by atoms with Crippen molar-refractivity contribution in [1.82, 2.24) is 5.32 Å². The van der Waals surface area contributed by atoms with Crippen LogP contribution in [0.1, 0.15) is 129 Å². The Kier molecular flexibility index (Phi) is 30.1. The summed E-state index contributed by atoms with van der Waals surface area (Å²) >= 11 is 0. The van der Waals surface area contributed by atoms with Gasteiger partial charge in [-0.3, -0.25) is 9.36 Å². The van der Waals surface area contributed by atoms with Crippen LogP contribution in [0.15, 0.2) is 85.1 Å². The molecule has 0 radical (unpaired) electrons. The van der Waals surface area contributed by atoms with Gasteiger partial charge in [0.15, 0.2) is 0 Å². The van der Waals surface area contributed by atoms with Gasteiger partial charge in [0, 0.05) is 6.42 Å². The Bertz CT molecular complexity index is 1230. The second-order valence-corrected chi connectivity index (χ2v) is 16.7. The summed E-state index contributed by atoms with van der Waals surface area (Å²) in [6.45, 7) is 4.37. The Labute approximate surface area is 335 Å². The SMILES string of the molecule is CC/C=C\CC1OC1C/C=C\C/C=C\C/C=C\C/C=C\CCC(=O)N[C@@H](COP(=O)([O-])OCC[N+](C)(C)C)[C@H](O)/C=C/CCCCCCCC/C=C\CCC. The molecule has 0 bridgehead atoms. The molecule has 0 aromatic heterocycles. The fourth-order valence-corrected chi connectivity index (χ4v) is 6.23. The van der Waals surface area contributed by atoms with Crippen LogP contribution in [-0.4, -0.2) is 80.8 Å². The fourth-order valence-electron chi connectivity index (χ4n) is 5.51. The molecule has 1 rings (SSSR count). The molecule has 0 aliphatic carbocycles. The lowest BCUT2D eigenvalue weighted by Gasteiger charge is -2.29. The highest BCUT2D eigenvalue weighted by Crippen LogP contribution is 2.38. The number of epoxide rings is 1. The molecule has 1 aliphatic rings. The van der Waals surface area contributed by atoms with Crippen molar-refractivity contribution in [3.05, 3.63) is 85.1 Å². The maximum Gasteiger partial charge on any atom is 0.268 e. The molecule has 0 saturated carbocycles. The van der Waals surface area contributed by atoms with Crippen LogP contribution in [0.4, 0.5) is 0 Å². The molecule has 0 spiro atoms. The first-order valence-corrected chi connectivity index (χ1v) is 22.5. The van der Waals surface area contributed by atoms with Crippen LogP contribution in [0.2, 0.25) is 0 Å². The van der Waals surface area contributed by atoms with Gasteiger partial charge in [0.25, 0.3) is 7.82 Å². The normalized spacial score (nSPS) is 19.0. The van der Waals surface area contributed by atoms with E-state index in [-0.39, 0.29) is 18.9 Å². The van der Waals surface area contributed by atoms with Crippen molar-refractivity contribution in [3.63, 3.8) is 0 Å². The summed E-state index contributed by atoms with van der Waals surface area (Å²) in [5.41, 5.74) is 0. The smallest absolute Gasteiger partial charge is 0.268 e. The second-order valence-electron chi connectivity index (χ2n) is 15.3. The summed E-state index contributed by atoms with van der Waals surface area (Å²) in [5.74, 6) is -0.290. The average Bonchev–Trinajstić information content (AvgIpc) is 3.89. The van der Waals surface area contributed by atoms with E-state index in [1.807, 2.05) is 39.4 Å². The molecule has 1 saturated heterocycles. The zero-order valence-corrected chi connectivity index (χ0v) is 35.9. The topological polar surface area (TPSA) is 120 Å². The number of allylic oxidation sites excluding steroid dienone is 11. The minimum absolute atomic E-state index is 0.0232. The number of unbranched alkanes of at least 4 members (excludes halogenated alkanes) is 8. The second kappa shape index (κ2) is 32.7. The largest absolute Gasteiger partial charge is 0.756 e. The predicted octanol–water partition coefficient (Wildman–Crippen LogP) is 9.76. The lowest BCUT2D eigenvalue weighted by Crippen LogP contribution is -2.45. The molecule has 9 nitrogen and oxygen atoms in total. The Balaban J connectivity index is 2.40. The first-order valence-electron chi connectivity index (χ1n) is 21.1. The molecule has 1 aliphatic heterocycles. The van der Waals surface area contributed by atoms with E-state index >= 15 is 0 Å². The van der Waals surface area contributed by atoms with E-state index in [0.717, 1.165) is 70.6 Å². The number of rotatable bonds is 35. The van der Waals surface area contributed by atoms with Crippen LogP contribution in [0, 0.1) is 0 Å². The summed E-state index contributed by atoms with van der Waals surface area (Å²) in [5, 5.41) is 13.7. The molecule has 314 valence electrons. The number of aliphatic hydroxyl groups is 1. The van der Waals surface area contributed by atoms with Crippen LogP contribution >= 0.6 is 7.82 Å². The predicted molar refractivity (Wildman–Crippen MR) is 227 cm³/mol. The van der Waals surface area contributed by atoms with Crippen LogP contribution in [0.25, 0.3) is 0 Å². The minimum Gasteiger partial charge on any atom is -0.756 e. The Morgan fingerprint density at radius 2 is 1.27 bits per heavy atom. The number of nitrogens with zero attached hydrogens (tertiary/aromatic N) is 1. The number of hydrogen-bond acceptors (Lipinski definition) is 7. The zero-order chi connectivity index (χ0) is 40.5. The van der Waals surface area contributed by atoms with Gasteiger partial charge >= 0.3 is 0 Å². The molecular formula is C45H77N2O7P. The molecular weight excluding hydrogens is 711 g/mol. The van der Waals surface area contributed by atoms with Gasteiger partial charge in [-0.2, -0.15) is 0 Å². The standard InChI is InChI=1S/C45H77N2O7P/c1-6-8-10-11-12-13-14-15-18-21-24-27-31-34-42(48)41(40-53-55(50,51)52-39-38-47(3,4)5)46-45(49)37-33-29-26-23-20-17-16-19-22-25-28-32-36-44-43(54-44)35-30-9-7-2/h9-11,17,19-20,22,26,28-32,34,41-44,48H,6-8,12-16,18,21,23-25,27,33,35-40H2,1-5H3,(H-,46,49,50,51)/b11-10-,20-17-,22-19-,29-26-,30-9-,32-28-,34-31+/t41-,42+,43?,44?/m0/s1. The van der Waals surface area contributed by atoms with Gasteiger partial charge in [-0.05, 0) is 77.0 Å². The van der Waals surface area contributed by atoms with Gasteiger partial charge in [0.05, 0.1) is 52.1 Å². The van der Waals surface area contributed by atoms with Crippen LogP contribution in [0.5, 0.6) is 0 Å². The van der Waals surface area contributed by atoms with Crippen molar-refractivity contribution < 1.29 is 37.6 Å². The molecule has 0 aromatic carbocycles. The highest BCUT2D eigenvalue weighted by molar-refractivity contribution is 7.45. The zero-order valence-electron chi connectivity index (χ0n) is 35.0. The number of nitrogens with one attached hydrogen (secondary N) is 1. The summed E-state index contributed by atoms with van der Waals surface area (Å²) < 4.78 is 28.8. The van der Waals surface area contributed by atoms with Gasteiger partial charge in [0.1, 0.15) is 13.2 Å². The van der Waals surface area contributed by atoms with Crippen molar-refractivity contribution in [1.29, 1.82) is 0 Å². The van der Waals surface area contributed by atoms with Gasteiger partial charge in [-0.15, -0.1) is 0 Å². The summed E-state index contributed by atoms with van der Waals surface area (Å²) in [7, 11) is 1.18. The summed E-state index contributed by atoms with van der Waals surface area (Å²) in [4.78, 5) is 25.2. The van der Waals surface area contributed by atoms with Crippen molar-refractivity contribution in [2.75, 3.05) is 40.9 Å². The number of phosphoric acid groups is 1. The number of hydrogen-bond donors (Lipinski definition) is 2. The monoisotopic (exact) mass is 789 g/mol. The molecule has 1 amide bonds. The van der Waals surface area contributed by atoms with E-state index in [0.29, 0.717) is 29.7 Å². The quantitative estimate of drug-likeness (QED) is 0.0216. The first kappa shape index (κ1) is 50.7. The fraction of sp³-hybridized carbons (Fsp3) is 0.667. The third kappa shape index (κ3) is 32.4. The molecule has 1 fully saturated rings. The number of carbonyl (C=O) groups excluding carboxylic acids is 1. The molecule has 5 atom stereocenters. The summed E-state index contributed by atoms with van der Waals surface area (Å²) in [6.07, 6.45) is 46.8. The van der Waals surface area contributed by atoms with Gasteiger partial charge < -0.3 is 33.6 Å². The summed E-state index contributed by atoms with van der Waals surface area (Å²) in [6, 6.07) is -0.938. The Hall–Kier alpha value is -2.36. The van der Waals surface area contributed by atoms with Crippen LogP contribution in [-0.2, 0) is 23.1 Å². The third-order valence-electron chi connectivity index (χ3n) is 8.98. The van der Waals surface area contributed by atoms with Crippen LogP contribution in [0.3, 0.4) is 0 Å². The average molecular weight is 789 g/mol. The lowest BCUT2D eigenvalue weighted by molar-refractivity contribution is -0.870. The van der Waals surface area contributed by atoms with Gasteiger partial charge in [-0.25, -0.2) is 0 Å². The maximum absolute atomic E-state index is 12.8. The van der Waals surface area contributed by atoms with Crippen LogP contribution < -0.4 is 10.2 Å². The van der Waals surface area contributed by atoms with E-state index in [4.69, 9.17) is 13.8 Å². The Morgan fingerprint density at radius 3 is 1.87 bits per heavy atom. The van der Waals surface area contributed by atoms with E-state index in [2.05, 4.69) is 79.9 Å². The van der Waals surface area contributed by atoms with Gasteiger partial charge in [0.2, 0.25) is 5.91 Å².